The number of nitrogens with zero attached hydrogens (tertiary/aromatic N) is 1. The normalized spacial score (nSPS) is 18.4. The molecule has 28 heavy (non-hydrogen) atoms. The van der Waals surface area contributed by atoms with Gasteiger partial charge in [0.2, 0.25) is 11.8 Å². The van der Waals surface area contributed by atoms with Crippen LogP contribution < -0.4 is 16.4 Å². The van der Waals surface area contributed by atoms with Crippen molar-refractivity contribution in [3.05, 3.63) is 35.9 Å². The molecule has 0 radical (unpaired) electrons. The van der Waals surface area contributed by atoms with Gasteiger partial charge in [-0.25, -0.2) is 0 Å². The zero-order valence-corrected chi connectivity index (χ0v) is 16.8. The molecule has 1 fully saturated rings. The molecule has 0 saturated carbocycles. The Labute approximate surface area is 167 Å². The van der Waals surface area contributed by atoms with Gasteiger partial charge in [0.15, 0.2) is 0 Å². The van der Waals surface area contributed by atoms with Crippen molar-refractivity contribution in [2.45, 2.75) is 51.6 Å². The van der Waals surface area contributed by atoms with Gasteiger partial charge in [-0.3, -0.25) is 14.4 Å². The van der Waals surface area contributed by atoms with E-state index in [4.69, 9.17) is 5.73 Å². The van der Waals surface area contributed by atoms with Crippen LogP contribution in [0.5, 0.6) is 0 Å². The molecule has 0 aromatic heterocycles. The van der Waals surface area contributed by atoms with Crippen LogP contribution in [0.1, 0.15) is 49.9 Å². The van der Waals surface area contributed by atoms with Gasteiger partial charge in [-0.15, -0.1) is 0 Å². The second kappa shape index (κ2) is 10.8. The Morgan fingerprint density at radius 1 is 1.25 bits per heavy atom. The van der Waals surface area contributed by atoms with Crippen molar-refractivity contribution in [1.82, 2.24) is 15.5 Å². The highest BCUT2D eigenvalue weighted by molar-refractivity contribution is 5.98. The Hall–Kier alpha value is -2.41. The lowest BCUT2D eigenvalue weighted by molar-refractivity contribution is -0.140. The fourth-order valence-corrected chi connectivity index (χ4v) is 3.41. The lowest BCUT2D eigenvalue weighted by Crippen LogP contribution is -2.55. The molecule has 7 heteroatoms. The summed E-state index contributed by atoms with van der Waals surface area (Å²) in [5.41, 5.74) is 5.99. The highest BCUT2D eigenvalue weighted by Gasteiger charge is 2.39. The predicted molar refractivity (Wildman–Crippen MR) is 109 cm³/mol. The fraction of sp³-hybridized carbons (Fsp3) is 0.571. The summed E-state index contributed by atoms with van der Waals surface area (Å²) < 4.78 is 0. The van der Waals surface area contributed by atoms with Gasteiger partial charge in [0.1, 0.15) is 12.1 Å². The van der Waals surface area contributed by atoms with E-state index in [2.05, 4.69) is 10.6 Å². The third-order valence-electron chi connectivity index (χ3n) is 5.32. The number of nitrogens with one attached hydrogen (secondary N) is 2. The minimum Gasteiger partial charge on any atom is -0.354 e. The number of likely N-dealkylation sites (tertiary alicyclic amines) is 1. The smallest absolute Gasteiger partial charge is 0.251 e. The Kier molecular flexibility index (Phi) is 8.44. The quantitative estimate of drug-likeness (QED) is 0.554. The van der Waals surface area contributed by atoms with Gasteiger partial charge < -0.3 is 21.3 Å². The molecule has 7 nitrogen and oxygen atoms in total. The summed E-state index contributed by atoms with van der Waals surface area (Å²) in [5, 5.41) is 5.75. The van der Waals surface area contributed by atoms with Crippen molar-refractivity contribution in [1.29, 1.82) is 0 Å². The van der Waals surface area contributed by atoms with Crippen LogP contribution in [-0.2, 0) is 9.59 Å². The van der Waals surface area contributed by atoms with Gasteiger partial charge >= 0.3 is 0 Å². The summed E-state index contributed by atoms with van der Waals surface area (Å²) in [5.74, 6) is -0.643. The lowest BCUT2D eigenvalue weighted by Gasteiger charge is -2.31. The number of hydrogen-bond donors (Lipinski definition) is 3. The van der Waals surface area contributed by atoms with Gasteiger partial charge in [-0.1, -0.05) is 38.5 Å². The molecule has 1 heterocycles. The van der Waals surface area contributed by atoms with E-state index in [1.807, 2.05) is 19.9 Å². The number of nitrogens with two attached hydrogens (primary N) is 1. The second-order valence-electron chi connectivity index (χ2n) is 7.33. The predicted octanol–water partition coefficient (Wildman–Crippen LogP) is 1.29. The van der Waals surface area contributed by atoms with Crippen molar-refractivity contribution in [3.8, 4) is 0 Å². The largest absolute Gasteiger partial charge is 0.354 e. The van der Waals surface area contributed by atoms with Gasteiger partial charge in [-0.2, -0.15) is 0 Å². The minimum atomic E-state index is -0.657. The molecule has 0 aliphatic carbocycles. The minimum absolute atomic E-state index is 0.0401. The first-order valence-corrected chi connectivity index (χ1v) is 10.1. The van der Waals surface area contributed by atoms with Crippen LogP contribution in [0.3, 0.4) is 0 Å². The molecule has 0 unspecified atom stereocenters. The van der Waals surface area contributed by atoms with E-state index in [-0.39, 0.29) is 23.6 Å². The lowest BCUT2D eigenvalue weighted by atomic mass is 9.97. The highest BCUT2D eigenvalue weighted by Crippen LogP contribution is 2.21. The van der Waals surface area contributed by atoms with Gasteiger partial charge in [-0.05, 0) is 43.9 Å². The van der Waals surface area contributed by atoms with Gasteiger partial charge in [0.05, 0.1) is 0 Å². The first kappa shape index (κ1) is 21.9. The van der Waals surface area contributed by atoms with Crippen molar-refractivity contribution >= 4 is 17.7 Å². The summed E-state index contributed by atoms with van der Waals surface area (Å²) >= 11 is 0. The summed E-state index contributed by atoms with van der Waals surface area (Å²) in [6, 6.07) is 7.72. The van der Waals surface area contributed by atoms with Crippen LogP contribution in [-0.4, -0.2) is 54.3 Å². The number of amides is 3. The average molecular weight is 389 g/mol. The van der Waals surface area contributed by atoms with E-state index in [0.717, 1.165) is 12.8 Å². The molecule has 3 amide bonds. The standard InChI is InChI=1S/C21H32N4O3/c1-3-15(2)18(24-19(26)16-9-5-4-6-10-16)21(28)25-14-7-11-17(25)20(27)23-13-8-12-22/h4-6,9-10,15,17-18H,3,7-8,11-14,22H2,1-2H3,(H,23,27)(H,24,26)/t15-,17-,18-/m0/s1. The van der Waals surface area contributed by atoms with Crippen LogP contribution in [0.15, 0.2) is 30.3 Å². The van der Waals surface area contributed by atoms with Crippen LogP contribution in [0.2, 0.25) is 0 Å². The first-order chi connectivity index (χ1) is 13.5. The molecule has 1 aromatic carbocycles. The molecular formula is C21H32N4O3. The summed E-state index contributed by atoms with van der Waals surface area (Å²) in [6.45, 7) is 5.48. The van der Waals surface area contributed by atoms with E-state index in [0.29, 0.717) is 38.0 Å². The van der Waals surface area contributed by atoms with Gasteiger partial charge in [0, 0.05) is 18.7 Å². The Morgan fingerprint density at radius 3 is 2.61 bits per heavy atom. The maximum Gasteiger partial charge on any atom is 0.251 e. The molecular weight excluding hydrogens is 356 g/mol. The van der Waals surface area contributed by atoms with E-state index in [9.17, 15) is 14.4 Å². The van der Waals surface area contributed by atoms with Crippen LogP contribution in [0, 0.1) is 5.92 Å². The van der Waals surface area contributed by atoms with E-state index in [1.165, 1.54) is 0 Å². The van der Waals surface area contributed by atoms with Crippen LogP contribution >= 0.6 is 0 Å². The Balaban J connectivity index is 2.10. The van der Waals surface area contributed by atoms with Gasteiger partial charge in [0.25, 0.3) is 5.91 Å². The summed E-state index contributed by atoms with van der Waals surface area (Å²) in [6.07, 6.45) is 2.86. The SMILES string of the molecule is CC[C@H](C)[C@H](NC(=O)c1ccccc1)C(=O)N1CCC[C@H]1C(=O)NCCCN. The molecule has 1 saturated heterocycles. The molecule has 0 spiro atoms. The summed E-state index contributed by atoms with van der Waals surface area (Å²) in [4.78, 5) is 40.0. The monoisotopic (exact) mass is 388 g/mol. The topological polar surface area (TPSA) is 105 Å². The highest BCUT2D eigenvalue weighted by atomic mass is 16.2. The van der Waals surface area contributed by atoms with Crippen LogP contribution in [0.25, 0.3) is 0 Å². The number of carbonyl (C=O) groups excluding carboxylic acids is 3. The molecule has 154 valence electrons. The van der Waals surface area contributed by atoms with E-state index in [1.54, 1.807) is 29.2 Å². The molecule has 0 bridgehead atoms. The third kappa shape index (κ3) is 5.55. The Bertz CT molecular complexity index is 665. The Morgan fingerprint density at radius 2 is 1.96 bits per heavy atom. The van der Waals surface area contributed by atoms with Crippen molar-refractivity contribution < 1.29 is 14.4 Å². The second-order valence-corrected chi connectivity index (χ2v) is 7.33. The zero-order valence-electron chi connectivity index (χ0n) is 16.8. The zero-order chi connectivity index (χ0) is 20.5. The maximum atomic E-state index is 13.3. The molecule has 4 N–H and O–H groups in total. The molecule has 2 rings (SSSR count). The maximum absolute atomic E-state index is 13.3. The average Bonchev–Trinajstić information content (AvgIpc) is 3.21. The molecule has 1 aromatic rings. The fourth-order valence-electron chi connectivity index (χ4n) is 3.41. The number of rotatable bonds is 9. The van der Waals surface area contributed by atoms with Crippen molar-refractivity contribution in [3.63, 3.8) is 0 Å². The molecule has 1 aliphatic heterocycles. The van der Waals surface area contributed by atoms with Crippen molar-refractivity contribution in [2.75, 3.05) is 19.6 Å². The first-order valence-electron chi connectivity index (χ1n) is 10.1. The van der Waals surface area contributed by atoms with Crippen molar-refractivity contribution in [2.24, 2.45) is 11.7 Å². The number of hydrogen-bond acceptors (Lipinski definition) is 4. The number of benzene rings is 1. The summed E-state index contributed by atoms with van der Waals surface area (Å²) in [7, 11) is 0. The van der Waals surface area contributed by atoms with E-state index < -0.39 is 12.1 Å². The molecule has 3 atom stereocenters. The van der Waals surface area contributed by atoms with Crippen LogP contribution in [0.4, 0.5) is 0 Å². The third-order valence-corrected chi connectivity index (χ3v) is 5.32. The molecule has 1 aliphatic rings. The van der Waals surface area contributed by atoms with E-state index >= 15 is 0 Å². The number of carbonyl (C=O) groups is 3.